The first-order chi connectivity index (χ1) is 53.3. The third-order valence-corrected chi connectivity index (χ3v) is 33.0. The molecule has 12 heteroatoms. The number of unbranched alkanes of at least 4 members (excludes halogenated alkanes) is 6. The lowest BCUT2D eigenvalue weighted by atomic mass is 9.48. The van der Waals surface area contributed by atoms with Crippen molar-refractivity contribution in [3.63, 3.8) is 0 Å². The van der Waals surface area contributed by atoms with E-state index in [2.05, 4.69) is 39.5 Å². The van der Waals surface area contributed by atoms with Gasteiger partial charge in [-0.25, -0.2) is 28.8 Å². The molecule has 24 saturated carbocycles. The van der Waals surface area contributed by atoms with Gasteiger partial charge in [-0.15, -0.1) is 0 Å². The molecule has 12 nitrogen and oxygen atoms in total. The molecule has 24 fully saturated rings. The van der Waals surface area contributed by atoms with E-state index in [1.54, 1.807) is 59.3 Å². The molecule has 0 heterocycles. The Bertz CT molecular complexity index is 3070. The average molecular weight is 1530 g/mol. The van der Waals surface area contributed by atoms with Crippen LogP contribution >= 0.6 is 0 Å². The third-order valence-electron chi connectivity index (χ3n) is 33.0. The van der Waals surface area contributed by atoms with Crippen molar-refractivity contribution in [1.82, 2.24) is 0 Å². The lowest BCUT2D eigenvalue weighted by molar-refractivity contribution is -0.151. The van der Waals surface area contributed by atoms with Gasteiger partial charge >= 0.3 is 35.8 Å². The fraction of sp³-hybridized carbons (Fsp3) is 0.818. The highest BCUT2D eigenvalue weighted by Crippen LogP contribution is 2.67. The van der Waals surface area contributed by atoms with E-state index >= 15 is 0 Å². The Morgan fingerprint density at radius 2 is 0.432 bits per heavy atom. The third kappa shape index (κ3) is 22.5. The second-order valence-electron chi connectivity index (χ2n) is 43.1. The zero-order valence-electron chi connectivity index (χ0n) is 69.9. The van der Waals surface area contributed by atoms with E-state index in [1.807, 2.05) is 0 Å². The van der Waals surface area contributed by atoms with Crippen LogP contribution in [0.4, 0.5) is 0 Å². The Kier molecular flexibility index (Phi) is 28.3. The van der Waals surface area contributed by atoms with Gasteiger partial charge in [0.2, 0.25) is 0 Å². The van der Waals surface area contributed by atoms with Crippen LogP contribution in [0, 0.1) is 139 Å². The molecule has 0 unspecified atom stereocenters. The summed E-state index contributed by atoms with van der Waals surface area (Å²) in [5, 5.41) is 0. The Labute approximate surface area is 671 Å². The highest BCUT2D eigenvalue weighted by atomic mass is 16.6. The summed E-state index contributed by atoms with van der Waals surface area (Å²) in [5.41, 5.74) is 4.73. The maximum atomic E-state index is 11.5. The van der Waals surface area contributed by atoms with Crippen LogP contribution in [0.5, 0.6) is 0 Å². The minimum absolute atomic E-state index is 0.208. The number of carbonyl (C=O) groups is 6. The van der Waals surface area contributed by atoms with E-state index in [4.69, 9.17) is 28.4 Å². The van der Waals surface area contributed by atoms with Gasteiger partial charge in [-0.2, -0.15) is 0 Å². The smallest absolute Gasteiger partial charge is 0.333 e. The lowest BCUT2D eigenvalue weighted by Crippen LogP contribution is -2.48. The summed E-state index contributed by atoms with van der Waals surface area (Å²) in [4.78, 5) is 67.3. The molecule has 0 aromatic rings. The van der Waals surface area contributed by atoms with E-state index in [0.717, 1.165) is 143 Å². The highest BCUT2D eigenvalue weighted by molar-refractivity contribution is 5.88. The zero-order chi connectivity index (χ0) is 78.1. The van der Waals surface area contributed by atoms with Gasteiger partial charge in [-0.1, -0.05) is 78.0 Å². The van der Waals surface area contributed by atoms with Gasteiger partial charge in [-0.05, 0) is 419 Å². The van der Waals surface area contributed by atoms with Crippen molar-refractivity contribution >= 4 is 35.8 Å². The van der Waals surface area contributed by atoms with Crippen molar-refractivity contribution in [2.45, 2.75) is 329 Å². The number of rotatable bonds is 30. The molecule has 0 spiro atoms. The van der Waals surface area contributed by atoms with Crippen LogP contribution in [0.25, 0.3) is 0 Å². The molecule has 0 aliphatic heterocycles. The molecule has 24 rings (SSSR count). The summed E-state index contributed by atoms with van der Waals surface area (Å²) in [6, 6.07) is 0. The summed E-state index contributed by atoms with van der Waals surface area (Å²) < 4.78 is 31.4. The summed E-state index contributed by atoms with van der Waals surface area (Å²) in [5.74, 6) is 16.4. The van der Waals surface area contributed by atoms with Crippen LogP contribution in [0.1, 0.15) is 329 Å². The van der Waals surface area contributed by atoms with Crippen LogP contribution in [0.2, 0.25) is 0 Å². The van der Waals surface area contributed by atoms with Crippen LogP contribution in [-0.2, 0) is 57.2 Å². The van der Waals surface area contributed by atoms with Crippen LogP contribution in [-0.4, -0.2) is 75.5 Å². The zero-order valence-corrected chi connectivity index (χ0v) is 69.9. The largest absolute Gasteiger partial charge is 0.463 e. The van der Waals surface area contributed by atoms with Crippen molar-refractivity contribution in [3.8, 4) is 0 Å². The number of ether oxygens (including phenoxy) is 6. The average Bonchev–Trinajstić information content (AvgIpc) is 0.793. The number of hydrogen-bond acceptors (Lipinski definition) is 12. The maximum Gasteiger partial charge on any atom is 0.333 e. The van der Waals surface area contributed by atoms with Crippen LogP contribution < -0.4 is 0 Å². The molecule has 0 aromatic heterocycles. The molecule has 0 atom stereocenters. The fourth-order valence-electron chi connectivity index (χ4n) is 31.3. The predicted molar refractivity (Wildman–Crippen MR) is 440 cm³/mol. The van der Waals surface area contributed by atoms with E-state index in [0.29, 0.717) is 78.0 Å². The summed E-state index contributed by atoms with van der Waals surface area (Å²) in [7, 11) is 0. The van der Waals surface area contributed by atoms with Gasteiger partial charge in [0.05, 0.1) is 39.6 Å². The van der Waals surface area contributed by atoms with E-state index in [9.17, 15) is 28.8 Å². The molecule has 24 aliphatic carbocycles. The quantitative estimate of drug-likeness (QED) is 0.0291. The molecule has 0 aromatic carbocycles. The fourth-order valence-corrected chi connectivity index (χ4v) is 31.3. The topological polar surface area (TPSA) is 158 Å². The second-order valence-corrected chi connectivity index (χ2v) is 43.1. The summed E-state index contributed by atoms with van der Waals surface area (Å²) in [6.07, 6.45) is 70.7. The van der Waals surface area contributed by atoms with Gasteiger partial charge in [0, 0.05) is 45.8 Å². The monoisotopic (exact) mass is 1530 g/mol. The SMILES string of the molecule is C=C(C)C(=O)OCC12CC3CC(CC(C3)C1)C2.C=C(C)C(=O)OCCC12CC3CC(CC(C3)C1)C2.C=C(C)C(=O)OCCCCCCC12CC3CC(CC(C3)C1)C2.C=CC(=O)OCC12CC3CC(CC(C3)C1)C2.C=CC(=O)OCCC12CC3CC(CC(C3)C1)C2.C=CC(=O)OCCCCCCC12CC3CC(CC(C3)C1)C2. The molecule has 24 aliphatic rings. The number of hydrogen-bond donors (Lipinski definition) is 0. The minimum Gasteiger partial charge on any atom is -0.463 e. The number of esters is 6. The Morgan fingerprint density at radius 3 is 0.694 bits per heavy atom. The van der Waals surface area contributed by atoms with Gasteiger partial charge in [0.15, 0.2) is 0 Å². The standard InChI is InChI=1S/C20H32O2.C19H30O2.C16H24O2.2C15H22O2.C14H20O2/c1-15(2)19(21)22-8-6-4-3-5-7-20-12-16-9-17(13-20)11-18(10-16)14-20;1-2-18(20)21-8-6-4-3-5-7-19-12-15-9-16(13-19)11-17(10-15)14-19;1-11(2)15(17)18-4-3-16-8-12-5-13(9-16)7-14(6-12)10-16;1-10(2)14(16)17-9-15-6-11-3-12(7-15)5-13(4-11)8-15;1-2-14(16)17-4-3-15-8-11-5-12(9-15)7-13(6-11)10-15;1-2-13(15)16-9-14-6-10-3-11(7-14)5-12(4-10)8-14/h16-18H,1,3-14H2,2H3;2,15-17H,1,3-14H2;12-14H,1,3-10H2,2H3;11-13H,1,3-9H2,2H3;2,11-13H,1,3-10H2;2,10-12H,1,3-9H2. The first-order valence-corrected chi connectivity index (χ1v) is 46.1. The molecule has 111 heavy (non-hydrogen) atoms. The molecule has 618 valence electrons. The first-order valence-electron chi connectivity index (χ1n) is 46.1. The van der Waals surface area contributed by atoms with Crippen molar-refractivity contribution in [3.05, 3.63) is 74.4 Å². The molecule has 0 amide bonds. The second kappa shape index (κ2) is 37.3. The van der Waals surface area contributed by atoms with E-state index < -0.39 is 0 Å². The molecule has 0 saturated heterocycles. The Hall–Kier alpha value is -4.74. The van der Waals surface area contributed by atoms with E-state index in [1.165, 1.54) is 262 Å². The molecule has 24 bridgehead atoms. The Balaban J connectivity index is 0.000000117. The molecular weight excluding hydrogens is 1380 g/mol. The van der Waals surface area contributed by atoms with Gasteiger partial charge in [-0.3, -0.25) is 0 Å². The summed E-state index contributed by atoms with van der Waals surface area (Å²) in [6.45, 7) is 29.9. The normalized spacial score (nSPS) is 40.0. The van der Waals surface area contributed by atoms with Crippen LogP contribution in [0.15, 0.2) is 74.4 Å². The van der Waals surface area contributed by atoms with E-state index in [-0.39, 0.29) is 35.8 Å². The molecule has 0 radical (unpaired) electrons. The lowest BCUT2D eigenvalue weighted by Gasteiger charge is -2.57. The molecular formula is C99H150O12. The highest BCUT2D eigenvalue weighted by Gasteiger charge is 2.57. The van der Waals surface area contributed by atoms with Gasteiger partial charge in [0.25, 0.3) is 0 Å². The van der Waals surface area contributed by atoms with Crippen molar-refractivity contribution in [1.29, 1.82) is 0 Å². The maximum absolute atomic E-state index is 11.5. The van der Waals surface area contributed by atoms with Crippen LogP contribution in [0.3, 0.4) is 0 Å². The van der Waals surface area contributed by atoms with Crippen molar-refractivity contribution < 1.29 is 57.2 Å². The first kappa shape index (κ1) is 84.2. The molecule has 0 N–H and O–H groups in total. The minimum atomic E-state index is -0.288. The Morgan fingerprint density at radius 1 is 0.243 bits per heavy atom. The predicted octanol–water partition coefficient (Wildman–Crippen LogP) is 23.4. The van der Waals surface area contributed by atoms with Crippen molar-refractivity contribution in [2.24, 2.45) is 139 Å². The number of carbonyl (C=O) groups excluding carboxylic acids is 6. The van der Waals surface area contributed by atoms with Gasteiger partial charge < -0.3 is 28.4 Å². The van der Waals surface area contributed by atoms with Gasteiger partial charge in [0.1, 0.15) is 0 Å². The van der Waals surface area contributed by atoms with Crippen molar-refractivity contribution in [2.75, 3.05) is 39.6 Å². The summed E-state index contributed by atoms with van der Waals surface area (Å²) >= 11 is 0.